The second-order valence-corrected chi connectivity index (χ2v) is 10.7. The first-order chi connectivity index (χ1) is 18.0. The molecular weight excluding hydrogens is 560 g/mol. The molecular formula is C27H42FeN6O6. The van der Waals surface area contributed by atoms with Crippen molar-refractivity contribution < 1.29 is 46.6 Å². The first kappa shape index (κ1) is 36.6. The number of aromatic hydroxyl groups is 3. The summed E-state index contributed by atoms with van der Waals surface area (Å²) in [5, 5.41) is 61.2. The van der Waals surface area contributed by atoms with E-state index in [0.717, 1.165) is 0 Å². The first-order valence-electron chi connectivity index (χ1n) is 12.9. The molecule has 0 aliphatic carbocycles. The molecule has 12 nitrogen and oxygen atoms in total. The Labute approximate surface area is 246 Å². The number of hydrogen-bond donors (Lipinski definition) is 3. The Balaban J connectivity index is 0.000000563. The Morgan fingerprint density at radius 2 is 0.750 bits per heavy atom. The van der Waals surface area contributed by atoms with Gasteiger partial charge in [-0.2, -0.15) is 14.2 Å². The predicted molar refractivity (Wildman–Crippen MR) is 144 cm³/mol. The average Bonchev–Trinajstić information content (AvgIpc) is 2.78. The maximum Gasteiger partial charge on any atom is 0.499 e. The van der Waals surface area contributed by atoms with E-state index >= 15 is 0 Å². The van der Waals surface area contributed by atoms with E-state index in [1.54, 1.807) is 39.0 Å². The topological polar surface area (TPSA) is 180 Å². The van der Waals surface area contributed by atoms with Gasteiger partial charge in [-0.25, -0.2) is 0 Å². The van der Waals surface area contributed by atoms with Crippen LogP contribution in [0.3, 0.4) is 0 Å². The fourth-order valence-electron chi connectivity index (χ4n) is 3.67. The molecule has 0 saturated carbocycles. The summed E-state index contributed by atoms with van der Waals surface area (Å²) in [6, 6.07) is 3.72. The van der Waals surface area contributed by atoms with Crippen molar-refractivity contribution in [2.24, 2.45) is 17.8 Å². The molecule has 0 fully saturated rings. The van der Waals surface area contributed by atoms with Crippen molar-refractivity contribution in [2.75, 3.05) is 0 Å². The molecule has 0 unspecified atom stereocenters. The second kappa shape index (κ2) is 16.6. The maximum atomic E-state index is 11.3. The van der Waals surface area contributed by atoms with Gasteiger partial charge in [0.1, 0.15) is 17.1 Å². The van der Waals surface area contributed by atoms with Gasteiger partial charge in [-0.05, 0) is 32.7 Å². The number of aromatic nitrogens is 6. The van der Waals surface area contributed by atoms with Crippen molar-refractivity contribution in [2.45, 2.75) is 81.6 Å². The number of aryl methyl sites for hydroxylation is 3. The standard InChI is InChI=1S/3C9H14N2O2.Fe/c3*1-6(2)4-8-5-7(3)10-9(12)11(8)13;/h3*5-6H,4H2,1-3H3,(H,10,12);. The normalized spacial score (nSPS) is 10.5. The summed E-state index contributed by atoms with van der Waals surface area (Å²) in [4.78, 5) is 10.9. The average molecular weight is 603 g/mol. The van der Waals surface area contributed by atoms with Crippen LogP contribution in [-0.4, -0.2) is 30.3 Å². The van der Waals surface area contributed by atoms with Gasteiger partial charge in [0.15, 0.2) is 17.1 Å². The smallest absolute Gasteiger partial charge is 0.499 e. The van der Waals surface area contributed by atoms with Gasteiger partial charge in [-0.15, -0.1) is 0 Å². The molecule has 40 heavy (non-hydrogen) atoms. The van der Waals surface area contributed by atoms with Crippen molar-refractivity contribution in [3.8, 4) is 18.0 Å². The molecule has 0 spiro atoms. The van der Waals surface area contributed by atoms with Crippen LogP contribution in [0.5, 0.6) is 18.0 Å². The molecule has 224 valence electrons. The monoisotopic (exact) mass is 602 g/mol. The molecule has 3 aromatic rings. The SMILES string of the molecule is Cc1cc(CC(C)C)[n+]([O-])c(O)n1.Cc1cc(CC(C)C)[n+]([O-])c(O)n1.Cc1cc(CC(C)C)[n+]([O-])c(O)n1.[Fe]. The molecule has 0 aromatic carbocycles. The van der Waals surface area contributed by atoms with Gasteiger partial charge in [0.2, 0.25) is 0 Å². The van der Waals surface area contributed by atoms with Crippen LogP contribution in [0.2, 0.25) is 0 Å². The first-order valence-corrected chi connectivity index (χ1v) is 12.9. The number of hydrogen-bond acceptors (Lipinski definition) is 9. The second-order valence-electron chi connectivity index (χ2n) is 10.7. The Kier molecular flexibility index (Phi) is 15.2. The third-order valence-electron chi connectivity index (χ3n) is 5.14. The largest absolute Gasteiger partial charge is 0.708 e. The van der Waals surface area contributed by atoms with Gasteiger partial charge in [0.25, 0.3) is 0 Å². The molecule has 3 heterocycles. The third-order valence-corrected chi connectivity index (χ3v) is 5.14. The zero-order valence-electron chi connectivity index (χ0n) is 24.7. The molecule has 0 radical (unpaired) electrons. The van der Waals surface area contributed by atoms with E-state index in [-0.39, 0.29) is 17.1 Å². The summed E-state index contributed by atoms with van der Waals surface area (Å²) in [6.45, 7) is 17.4. The van der Waals surface area contributed by atoms with E-state index in [2.05, 4.69) is 15.0 Å². The Morgan fingerprint density at radius 3 is 0.925 bits per heavy atom. The van der Waals surface area contributed by atoms with Crippen LogP contribution in [0.25, 0.3) is 0 Å². The molecule has 3 rings (SSSR count). The molecule has 3 aromatic heterocycles. The fourth-order valence-corrected chi connectivity index (χ4v) is 3.67. The molecule has 0 bridgehead atoms. The maximum absolute atomic E-state index is 11.3. The van der Waals surface area contributed by atoms with Gasteiger partial charge in [-0.3, -0.25) is 0 Å². The van der Waals surface area contributed by atoms with Crippen LogP contribution in [0.4, 0.5) is 0 Å². The van der Waals surface area contributed by atoms with Gasteiger partial charge >= 0.3 is 18.0 Å². The van der Waals surface area contributed by atoms with Crippen LogP contribution in [0.15, 0.2) is 18.2 Å². The third kappa shape index (κ3) is 12.2. The van der Waals surface area contributed by atoms with Crippen molar-refractivity contribution in [3.63, 3.8) is 0 Å². The summed E-state index contributed by atoms with van der Waals surface area (Å²) in [5.41, 5.74) is 3.71. The minimum Gasteiger partial charge on any atom is -0.708 e. The minimum atomic E-state index is -0.462. The van der Waals surface area contributed by atoms with Gasteiger partial charge in [0, 0.05) is 75.3 Å². The molecule has 0 aliphatic heterocycles. The van der Waals surface area contributed by atoms with Gasteiger partial charge in [0.05, 0.1) is 0 Å². The van der Waals surface area contributed by atoms with Crippen LogP contribution in [0.1, 0.15) is 75.7 Å². The quantitative estimate of drug-likeness (QED) is 0.217. The van der Waals surface area contributed by atoms with Gasteiger partial charge < -0.3 is 30.9 Å². The molecule has 13 heteroatoms. The minimum absolute atomic E-state index is 0. The summed E-state index contributed by atoms with van der Waals surface area (Å²) < 4.78 is 1.44. The van der Waals surface area contributed by atoms with E-state index in [9.17, 15) is 15.6 Å². The van der Waals surface area contributed by atoms with Crippen molar-refractivity contribution >= 4 is 0 Å². The van der Waals surface area contributed by atoms with Crippen LogP contribution in [0, 0.1) is 54.1 Å². The number of nitrogens with zero attached hydrogens (tertiary/aromatic N) is 6. The van der Waals surface area contributed by atoms with E-state index in [4.69, 9.17) is 15.3 Å². The Bertz CT molecular complexity index is 1090. The van der Waals surface area contributed by atoms with Crippen molar-refractivity contribution in [1.29, 1.82) is 0 Å². The van der Waals surface area contributed by atoms with E-state index in [1.165, 1.54) is 0 Å². The fraction of sp³-hybridized carbons (Fsp3) is 0.556. The molecule has 0 amide bonds. The van der Waals surface area contributed by atoms with Crippen LogP contribution < -0.4 is 14.2 Å². The Morgan fingerprint density at radius 1 is 0.550 bits per heavy atom. The zero-order valence-corrected chi connectivity index (χ0v) is 25.8. The van der Waals surface area contributed by atoms with Gasteiger partial charge in [-0.1, -0.05) is 41.5 Å². The van der Waals surface area contributed by atoms with Crippen molar-refractivity contribution in [3.05, 3.63) is 68.0 Å². The van der Waals surface area contributed by atoms with E-state index in [1.807, 2.05) is 41.5 Å². The zero-order chi connectivity index (χ0) is 30.0. The van der Waals surface area contributed by atoms with Crippen molar-refractivity contribution in [1.82, 2.24) is 15.0 Å². The van der Waals surface area contributed by atoms with Crippen LogP contribution >= 0.6 is 0 Å². The Hall–Kier alpha value is -3.44. The molecule has 0 atom stereocenters. The summed E-state index contributed by atoms with van der Waals surface area (Å²) in [6.07, 6.45) is 1.96. The van der Waals surface area contributed by atoms with E-state index < -0.39 is 18.0 Å². The summed E-state index contributed by atoms with van der Waals surface area (Å²) in [5.74, 6) is 1.17. The molecule has 0 aliphatic rings. The molecule has 3 N–H and O–H groups in total. The molecule has 0 saturated heterocycles. The predicted octanol–water partition coefficient (Wildman–Crippen LogP) is 2.78. The summed E-state index contributed by atoms with van der Waals surface area (Å²) in [7, 11) is 0. The number of rotatable bonds is 6. The van der Waals surface area contributed by atoms with E-state index in [0.29, 0.717) is 85.4 Å². The van der Waals surface area contributed by atoms with Crippen LogP contribution in [-0.2, 0) is 36.3 Å². The summed E-state index contributed by atoms with van der Waals surface area (Å²) >= 11 is 0.